The van der Waals surface area contributed by atoms with Gasteiger partial charge in [-0.3, -0.25) is 20.4 Å². The van der Waals surface area contributed by atoms with Gasteiger partial charge in [0.15, 0.2) is 18.1 Å². The molecule has 2 amide bonds. The monoisotopic (exact) mass is 388 g/mol. The molecule has 0 radical (unpaired) electrons. The molecule has 2 rings (SSSR count). The Kier molecular flexibility index (Phi) is 8.51. The molecule has 0 aromatic heterocycles. The van der Waals surface area contributed by atoms with Crippen LogP contribution in [0, 0.1) is 6.92 Å². The minimum atomic E-state index is -0.450. The Morgan fingerprint density at radius 3 is 2.22 bits per heavy atom. The second-order valence-corrected chi connectivity index (χ2v) is 6.83. The molecule has 2 aromatic rings. The number of hydrogen-bond acceptors (Lipinski definition) is 5. The van der Waals surface area contributed by atoms with Crippen molar-refractivity contribution in [2.75, 3.05) is 19.0 Å². The van der Waals surface area contributed by atoms with Crippen molar-refractivity contribution >= 4 is 23.6 Å². The van der Waals surface area contributed by atoms with Gasteiger partial charge in [0.2, 0.25) is 5.91 Å². The zero-order valence-corrected chi connectivity index (χ0v) is 16.3. The largest absolute Gasteiger partial charge is 0.490 e. The fourth-order valence-corrected chi connectivity index (χ4v) is 2.74. The van der Waals surface area contributed by atoms with E-state index in [1.54, 1.807) is 18.2 Å². The summed E-state index contributed by atoms with van der Waals surface area (Å²) in [6.45, 7) is 4.36. The van der Waals surface area contributed by atoms with Gasteiger partial charge in [-0.15, -0.1) is 11.8 Å². The van der Waals surface area contributed by atoms with E-state index in [0.717, 1.165) is 16.9 Å². The minimum absolute atomic E-state index is 0.206. The van der Waals surface area contributed by atoms with Crippen LogP contribution in [-0.2, 0) is 9.59 Å². The maximum atomic E-state index is 11.9. The molecule has 0 atom stereocenters. The van der Waals surface area contributed by atoms with Crippen LogP contribution >= 0.6 is 11.8 Å². The van der Waals surface area contributed by atoms with Gasteiger partial charge in [-0.2, -0.15) is 0 Å². The molecule has 0 heterocycles. The summed E-state index contributed by atoms with van der Waals surface area (Å²) in [4.78, 5) is 24.7. The van der Waals surface area contributed by atoms with Crippen LogP contribution in [0.25, 0.3) is 0 Å². The number of carbonyl (C=O) groups excluding carboxylic acids is 2. The Hall–Kier alpha value is -2.67. The molecule has 2 N–H and O–H groups in total. The Bertz CT molecular complexity index is 750. The number of nitrogens with one attached hydrogen (secondary N) is 2. The Morgan fingerprint density at radius 2 is 1.56 bits per heavy atom. The van der Waals surface area contributed by atoms with Crippen molar-refractivity contribution < 1.29 is 19.1 Å². The van der Waals surface area contributed by atoms with Gasteiger partial charge in [-0.25, -0.2) is 0 Å². The van der Waals surface area contributed by atoms with Gasteiger partial charge in [0.25, 0.3) is 5.91 Å². The highest BCUT2D eigenvalue weighted by molar-refractivity contribution is 8.00. The molecule has 0 aliphatic heterocycles. The predicted molar refractivity (Wildman–Crippen MR) is 106 cm³/mol. The van der Waals surface area contributed by atoms with Crippen molar-refractivity contribution in [2.24, 2.45) is 0 Å². The molecule has 0 aliphatic rings. The van der Waals surface area contributed by atoms with Crippen LogP contribution in [0.4, 0.5) is 0 Å². The Labute approximate surface area is 163 Å². The van der Waals surface area contributed by atoms with E-state index in [-0.39, 0.29) is 18.3 Å². The first kappa shape index (κ1) is 20.6. The lowest BCUT2D eigenvalue weighted by atomic mass is 10.2. The number of aryl methyl sites for hydroxylation is 1. The first-order valence-electron chi connectivity index (χ1n) is 8.70. The quantitative estimate of drug-likeness (QED) is 0.510. The topological polar surface area (TPSA) is 76.7 Å². The summed E-state index contributed by atoms with van der Waals surface area (Å²) in [6, 6.07) is 15.0. The van der Waals surface area contributed by atoms with Crippen molar-refractivity contribution in [3.8, 4) is 11.5 Å². The second kappa shape index (κ2) is 11.1. The van der Waals surface area contributed by atoms with Gasteiger partial charge >= 0.3 is 0 Å². The molecule has 0 aliphatic carbocycles. The standard InChI is InChI=1S/C20H24N2O4S/c1-3-12-25-17-6-4-5-7-18(17)26-13-19(23)21-22-20(24)14-27-16-10-8-15(2)9-11-16/h4-11H,3,12-14H2,1-2H3,(H,21,23)(H,22,24). The second-order valence-electron chi connectivity index (χ2n) is 5.78. The lowest BCUT2D eigenvalue weighted by Crippen LogP contribution is -2.44. The third kappa shape index (κ3) is 7.62. The highest BCUT2D eigenvalue weighted by atomic mass is 32.2. The van der Waals surface area contributed by atoms with Crippen molar-refractivity contribution in [1.29, 1.82) is 0 Å². The highest BCUT2D eigenvalue weighted by Crippen LogP contribution is 2.26. The number of amides is 2. The average Bonchev–Trinajstić information content (AvgIpc) is 2.69. The van der Waals surface area contributed by atoms with Crippen LogP contribution in [0.15, 0.2) is 53.4 Å². The van der Waals surface area contributed by atoms with Crippen LogP contribution in [0.5, 0.6) is 11.5 Å². The van der Waals surface area contributed by atoms with E-state index in [9.17, 15) is 9.59 Å². The average molecular weight is 388 g/mol. The highest BCUT2D eigenvalue weighted by Gasteiger charge is 2.09. The summed E-state index contributed by atoms with van der Waals surface area (Å²) in [7, 11) is 0. The van der Waals surface area contributed by atoms with Crippen molar-refractivity contribution in [1.82, 2.24) is 10.9 Å². The molecule has 0 bridgehead atoms. The summed E-state index contributed by atoms with van der Waals surface area (Å²) in [5.41, 5.74) is 5.89. The van der Waals surface area contributed by atoms with E-state index in [2.05, 4.69) is 10.9 Å². The van der Waals surface area contributed by atoms with Gasteiger partial charge in [0, 0.05) is 4.90 Å². The van der Waals surface area contributed by atoms with Gasteiger partial charge in [-0.1, -0.05) is 36.8 Å². The van der Waals surface area contributed by atoms with Gasteiger partial charge < -0.3 is 9.47 Å². The first-order valence-corrected chi connectivity index (χ1v) is 9.69. The molecule has 6 nitrogen and oxygen atoms in total. The van der Waals surface area contributed by atoms with Gasteiger partial charge in [0.1, 0.15) is 0 Å². The first-order chi connectivity index (χ1) is 13.1. The number of ether oxygens (including phenoxy) is 2. The van der Waals surface area contributed by atoms with Crippen LogP contribution in [0.3, 0.4) is 0 Å². The third-order valence-electron chi connectivity index (χ3n) is 3.40. The fraction of sp³-hybridized carbons (Fsp3) is 0.300. The Morgan fingerprint density at radius 1 is 0.926 bits per heavy atom. The molecular formula is C20H24N2O4S. The van der Waals surface area contributed by atoms with E-state index in [4.69, 9.17) is 9.47 Å². The summed E-state index contributed by atoms with van der Waals surface area (Å²) in [5, 5.41) is 0. The molecule has 0 saturated carbocycles. The lowest BCUT2D eigenvalue weighted by molar-refractivity contribution is -0.128. The van der Waals surface area contributed by atoms with Gasteiger partial charge in [-0.05, 0) is 37.6 Å². The van der Waals surface area contributed by atoms with E-state index in [1.807, 2.05) is 44.2 Å². The maximum Gasteiger partial charge on any atom is 0.276 e. The van der Waals surface area contributed by atoms with Crippen LogP contribution in [0.2, 0.25) is 0 Å². The zero-order chi connectivity index (χ0) is 19.5. The SMILES string of the molecule is CCCOc1ccccc1OCC(=O)NNC(=O)CSc1ccc(C)cc1. The van der Waals surface area contributed by atoms with E-state index in [0.29, 0.717) is 18.1 Å². The fourth-order valence-electron chi connectivity index (χ4n) is 2.04. The molecule has 7 heteroatoms. The zero-order valence-electron chi connectivity index (χ0n) is 15.5. The molecule has 27 heavy (non-hydrogen) atoms. The molecule has 0 saturated heterocycles. The molecular weight excluding hydrogens is 364 g/mol. The molecule has 144 valence electrons. The number of hydrogen-bond donors (Lipinski definition) is 2. The van der Waals surface area contributed by atoms with Crippen LogP contribution in [-0.4, -0.2) is 30.8 Å². The van der Waals surface area contributed by atoms with E-state index < -0.39 is 5.91 Å². The number of hydrazine groups is 1. The normalized spacial score (nSPS) is 10.1. The molecule has 0 unspecified atom stereocenters. The molecule has 0 spiro atoms. The van der Waals surface area contributed by atoms with Crippen molar-refractivity contribution in [2.45, 2.75) is 25.2 Å². The number of thioether (sulfide) groups is 1. The number of para-hydroxylation sites is 2. The predicted octanol–water partition coefficient (Wildman–Crippen LogP) is 3.10. The summed E-state index contributed by atoms with van der Waals surface area (Å²) in [5.74, 6) is 0.542. The maximum absolute atomic E-state index is 11.9. The van der Waals surface area contributed by atoms with Gasteiger partial charge in [0.05, 0.1) is 12.4 Å². The van der Waals surface area contributed by atoms with Crippen molar-refractivity contribution in [3.63, 3.8) is 0 Å². The summed E-state index contributed by atoms with van der Waals surface area (Å²) in [6.07, 6.45) is 0.876. The minimum Gasteiger partial charge on any atom is -0.490 e. The third-order valence-corrected chi connectivity index (χ3v) is 4.41. The Balaban J connectivity index is 1.70. The van der Waals surface area contributed by atoms with Crippen LogP contribution in [0.1, 0.15) is 18.9 Å². The number of carbonyl (C=O) groups is 2. The number of benzene rings is 2. The van der Waals surface area contributed by atoms with Crippen LogP contribution < -0.4 is 20.3 Å². The summed E-state index contributed by atoms with van der Waals surface area (Å²) < 4.78 is 11.0. The smallest absolute Gasteiger partial charge is 0.276 e. The van der Waals surface area contributed by atoms with E-state index >= 15 is 0 Å². The summed E-state index contributed by atoms with van der Waals surface area (Å²) >= 11 is 1.40. The molecule has 2 aromatic carbocycles. The lowest BCUT2D eigenvalue weighted by Gasteiger charge is -2.12. The molecule has 0 fully saturated rings. The number of rotatable bonds is 9. The van der Waals surface area contributed by atoms with Crippen molar-refractivity contribution in [3.05, 3.63) is 54.1 Å². The van der Waals surface area contributed by atoms with E-state index in [1.165, 1.54) is 11.8 Å².